The normalized spacial score (nSPS) is 11.6. The van der Waals surface area contributed by atoms with Gasteiger partial charge in [0.15, 0.2) is 0 Å². The second kappa shape index (κ2) is 6.26. The highest BCUT2D eigenvalue weighted by molar-refractivity contribution is 6.13. The molecule has 0 aliphatic carbocycles. The maximum Gasteiger partial charge on any atom is 0.120 e. The van der Waals surface area contributed by atoms with Crippen molar-refractivity contribution in [2.45, 2.75) is 19.9 Å². The first kappa shape index (κ1) is 15.3. The average Bonchev–Trinajstić information content (AvgIpc) is 2.97. The van der Waals surface area contributed by atoms with Gasteiger partial charge in [0.1, 0.15) is 5.75 Å². The number of nitrogens with two attached hydrogens (primary N) is 1. The van der Waals surface area contributed by atoms with Crippen molar-refractivity contribution in [3.63, 3.8) is 0 Å². The smallest absolute Gasteiger partial charge is 0.120 e. The van der Waals surface area contributed by atoms with Gasteiger partial charge in [0, 0.05) is 40.7 Å². The van der Waals surface area contributed by atoms with Crippen molar-refractivity contribution in [2.24, 2.45) is 5.73 Å². The van der Waals surface area contributed by atoms with Crippen LogP contribution in [-0.4, -0.2) is 18.3 Å². The Morgan fingerprint density at radius 2 is 2.13 bits per heavy atom. The molecule has 0 saturated heterocycles. The lowest BCUT2D eigenvalue weighted by Crippen LogP contribution is -2.00. The second-order valence-corrected chi connectivity index (χ2v) is 5.48. The highest BCUT2D eigenvalue weighted by Gasteiger charge is 2.14. The molecule has 0 aliphatic heterocycles. The van der Waals surface area contributed by atoms with E-state index in [9.17, 15) is 0 Å². The first-order chi connectivity index (χ1) is 11.2. The fourth-order valence-electron chi connectivity index (χ4n) is 3.02. The van der Waals surface area contributed by atoms with Gasteiger partial charge in [-0.15, -0.1) is 0 Å². The lowest BCUT2D eigenvalue weighted by atomic mass is 9.97. The van der Waals surface area contributed by atoms with Crippen molar-refractivity contribution in [2.75, 3.05) is 7.11 Å². The molecule has 0 spiro atoms. The summed E-state index contributed by atoms with van der Waals surface area (Å²) < 4.78 is 5.32. The summed E-state index contributed by atoms with van der Waals surface area (Å²) in [5, 5.41) is 9.99. The van der Waals surface area contributed by atoms with Gasteiger partial charge >= 0.3 is 0 Å². The Morgan fingerprint density at radius 1 is 1.30 bits per heavy atom. The van der Waals surface area contributed by atoms with E-state index in [0.29, 0.717) is 6.54 Å². The first-order valence-electron chi connectivity index (χ1n) is 7.75. The minimum Gasteiger partial charge on any atom is -0.497 e. The summed E-state index contributed by atoms with van der Waals surface area (Å²) in [5.74, 6) is 0.816. The first-order valence-corrected chi connectivity index (χ1v) is 7.75. The van der Waals surface area contributed by atoms with Gasteiger partial charge in [-0.05, 0) is 30.2 Å². The summed E-state index contributed by atoms with van der Waals surface area (Å²) in [6.45, 7) is 2.54. The summed E-state index contributed by atoms with van der Waals surface area (Å²) in [6.07, 6.45) is 6.53. The van der Waals surface area contributed by atoms with Crippen molar-refractivity contribution in [1.82, 2.24) is 4.98 Å². The number of aromatic nitrogens is 1. The zero-order chi connectivity index (χ0) is 16.4. The molecule has 2 aromatic carbocycles. The molecular weight excluding hydrogens is 286 g/mol. The number of allylic oxidation sites excluding steroid dienone is 1. The minimum absolute atomic E-state index is 0.439. The number of fused-ring (bicyclic) bond motifs is 3. The number of aromatic amines is 1. The van der Waals surface area contributed by atoms with Gasteiger partial charge < -0.3 is 20.9 Å². The lowest BCUT2D eigenvalue weighted by molar-refractivity contribution is 0.415. The Kier molecular flexibility index (Phi) is 4.17. The van der Waals surface area contributed by atoms with E-state index in [1.807, 2.05) is 18.2 Å². The van der Waals surface area contributed by atoms with Crippen LogP contribution in [0.2, 0.25) is 0 Å². The fourth-order valence-corrected chi connectivity index (χ4v) is 3.02. The van der Waals surface area contributed by atoms with Crippen LogP contribution in [0.1, 0.15) is 30.0 Å². The maximum atomic E-state index is 7.73. The van der Waals surface area contributed by atoms with E-state index in [-0.39, 0.29) is 0 Å². The predicted molar refractivity (Wildman–Crippen MR) is 97.5 cm³/mol. The van der Waals surface area contributed by atoms with Crippen LogP contribution in [-0.2, 0) is 6.54 Å². The molecule has 0 atom stereocenters. The van der Waals surface area contributed by atoms with Crippen LogP contribution in [0.15, 0.2) is 30.3 Å². The van der Waals surface area contributed by atoms with Crippen LogP contribution in [0.25, 0.3) is 27.9 Å². The fraction of sp³-hybridized carbons (Fsp3) is 0.211. The molecule has 4 nitrogen and oxygen atoms in total. The molecular formula is C19H21N3O. The molecule has 118 valence electrons. The third-order valence-corrected chi connectivity index (χ3v) is 4.13. The topological polar surface area (TPSA) is 74.9 Å². The molecule has 0 amide bonds. The third-order valence-electron chi connectivity index (χ3n) is 4.13. The standard InChI is InChI=1S/C19H21N3O/c1-3-4-5-15-12(10-20)8-13(11-21)18-16-7-6-14(23-2)9-17(16)22-19(15)18/h4-10,20,22H,3,11,21H2,1-2H3/b5-4-,20-10?. The molecule has 3 aromatic rings. The zero-order valence-electron chi connectivity index (χ0n) is 13.4. The van der Waals surface area contributed by atoms with Crippen LogP contribution in [0, 0.1) is 5.41 Å². The van der Waals surface area contributed by atoms with Crippen LogP contribution >= 0.6 is 0 Å². The summed E-state index contributed by atoms with van der Waals surface area (Å²) in [7, 11) is 1.66. The van der Waals surface area contributed by atoms with Crippen molar-refractivity contribution in [3.05, 3.63) is 47.0 Å². The molecule has 1 aromatic heterocycles. The van der Waals surface area contributed by atoms with Crippen molar-refractivity contribution in [1.29, 1.82) is 5.41 Å². The number of hydrogen-bond donors (Lipinski definition) is 3. The van der Waals surface area contributed by atoms with Crippen molar-refractivity contribution >= 4 is 34.1 Å². The van der Waals surface area contributed by atoms with Gasteiger partial charge in [0.25, 0.3) is 0 Å². The van der Waals surface area contributed by atoms with Gasteiger partial charge in [-0.2, -0.15) is 0 Å². The van der Waals surface area contributed by atoms with E-state index in [1.54, 1.807) is 7.11 Å². The summed E-state index contributed by atoms with van der Waals surface area (Å²) in [6, 6.07) is 8.03. The molecule has 0 fully saturated rings. The molecule has 4 N–H and O–H groups in total. The maximum absolute atomic E-state index is 7.73. The highest BCUT2D eigenvalue weighted by atomic mass is 16.5. The Balaban J connectivity index is 2.45. The van der Waals surface area contributed by atoms with Gasteiger partial charge in [-0.3, -0.25) is 0 Å². The van der Waals surface area contributed by atoms with Crippen molar-refractivity contribution < 1.29 is 4.74 Å². The molecule has 1 heterocycles. The minimum atomic E-state index is 0.439. The third kappa shape index (κ3) is 2.51. The van der Waals surface area contributed by atoms with Crippen LogP contribution in [0.4, 0.5) is 0 Å². The lowest BCUT2D eigenvalue weighted by Gasteiger charge is -2.08. The second-order valence-electron chi connectivity index (χ2n) is 5.48. The number of H-pyrrole nitrogens is 1. The van der Waals surface area contributed by atoms with Gasteiger partial charge in [0.05, 0.1) is 18.1 Å². The quantitative estimate of drug-likeness (QED) is 0.618. The molecule has 0 unspecified atom stereocenters. The molecule has 0 bridgehead atoms. The van der Waals surface area contributed by atoms with E-state index in [0.717, 1.165) is 50.7 Å². The average molecular weight is 307 g/mol. The zero-order valence-corrected chi connectivity index (χ0v) is 13.4. The summed E-state index contributed by atoms with van der Waals surface area (Å²) in [5.41, 5.74) is 11.0. The van der Waals surface area contributed by atoms with E-state index in [4.69, 9.17) is 15.9 Å². The van der Waals surface area contributed by atoms with Crippen LogP contribution in [0.5, 0.6) is 5.75 Å². The van der Waals surface area contributed by atoms with Gasteiger partial charge in [-0.25, -0.2) is 0 Å². The Morgan fingerprint density at radius 3 is 2.78 bits per heavy atom. The molecule has 23 heavy (non-hydrogen) atoms. The monoisotopic (exact) mass is 307 g/mol. The van der Waals surface area contributed by atoms with Gasteiger partial charge in [0.2, 0.25) is 0 Å². The van der Waals surface area contributed by atoms with Crippen molar-refractivity contribution in [3.8, 4) is 5.75 Å². The number of methoxy groups -OCH3 is 1. The van der Waals surface area contributed by atoms with E-state index in [1.165, 1.54) is 6.21 Å². The Hall–Kier alpha value is -2.59. The van der Waals surface area contributed by atoms with Crippen LogP contribution < -0.4 is 10.5 Å². The number of nitrogens with one attached hydrogen (secondary N) is 2. The molecule has 4 heteroatoms. The number of benzene rings is 2. The molecule has 0 saturated carbocycles. The summed E-state index contributed by atoms with van der Waals surface area (Å²) >= 11 is 0. The highest BCUT2D eigenvalue weighted by Crippen LogP contribution is 2.34. The van der Waals surface area contributed by atoms with Gasteiger partial charge in [-0.1, -0.05) is 19.1 Å². The van der Waals surface area contributed by atoms with E-state index in [2.05, 4.69) is 30.1 Å². The molecule has 0 aliphatic rings. The SMILES string of the molecule is CC/C=C\c1c(C=N)cc(CN)c2c1[nH]c1cc(OC)ccc12. The summed E-state index contributed by atoms with van der Waals surface area (Å²) in [4.78, 5) is 3.49. The van der Waals surface area contributed by atoms with E-state index < -0.39 is 0 Å². The number of hydrogen-bond acceptors (Lipinski definition) is 3. The molecule has 3 rings (SSSR count). The Labute approximate surface area is 135 Å². The predicted octanol–water partition coefficient (Wildman–Crippen LogP) is 4.21. The Bertz CT molecular complexity index is 906. The van der Waals surface area contributed by atoms with E-state index >= 15 is 0 Å². The van der Waals surface area contributed by atoms with Crippen LogP contribution in [0.3, 0.4) is 0 Å². The number of rotatable bonds is 5. The number of ether oxygens (including phenoxy) is 1. The largest absolute Gasteiger partial charge is 0.497 e. The molecule has 0 radical (unpaired) electrons.